The Hall–Kier alpha value is -3.56. The Kier molecular flexibility index (Phi) is 7.66. The van der Waals surface area contributed by atoms with E-state index < -0.39 is 11.7 Å². The number of halogens is 1. The first kappa shape index (κ1) is 23.6. The molecule has 2 fully saturated rings. The summed E-state index contributed by atoms with van der Waals surface area (Å²) in [6.07, 6.45) is 8.90. The predicted octanol–water partition coefficient (Wildman–Crippen LogP) is 3.56. The van der Waals surface area contributed by atoms with Crippen LogP contribution in [0.25, 0.3) is 0 Å². The summed E-state index contributed by atoms with van der Waals surface area (Å²) in [4.78, 5) is 47.9. The fourth-order valence-electron chi connectivity index (χ4n) is 4.43. The zero-order chi connectivity index (χ0) is 23.9. The lowest BCUT2D eigenvalue weighted by atomic mass is 9.89. The average molecular weight is 469 g/mol. The summed E-state index contributed by atoms with van der Waals surface area (Å²) in [6, 6.07) is 5.28. The van der Waals surface area contributed by atoms with E-state index in [1.807, 2.05) is 0 Å². The second kappa shape index (κ2) is 11.0. The zero-order valence-corrected chi connectivity index (χ0v) is 18.9. The minimum Gasteiger partial charge on any atom is -0.348 e. The first-order chi connectivity index (χ1) is 16.5. The minimum absolute atomic E-state index is 0.0606. The number of piperidine rings is 1. The van der Waals surface area contributed by atoms with Gasteiger partial charge in [-0.15, -0.1) is 0 Å². The first-order valence-corrected chi connectivity index (χ1v) is 11.7. The lowest BCUT2D eigenvalue weighted by Crippen LogP contribution is -2.48. The zero-order valence-electron chi connectivity index (χ0n) is 18.9. The van der Waals surface area contributed by atoms with Gasteiger partial charge in [-0.25, -0.2) is 19.2 Å². The van der Waals surface area contributed by atoms with Crippen LogP contribution in [-0.4, -0.2) is 51.8 Å². The SMILES string of the molecule is O=C(NC1CCN(C(=O)Nc2cccc(F)c2)CC1)c1nccnc1NC(=O)C1CCCCC1. The third-order valence-corrected chi connectivity index (χ3v) is 6.32. The molecule has 1 aromatic heterocycles. The summed E-state index contributed by atoms with van der Waals surface area (Å²) >= 11 is 0. The van der Waals surface area contributed by atoms with Crippen molar-refractivity contribution in [2.75, 3.05) is 23.7 Å². The summed E-state index contributed by atoms with van der Waals surface area (Å²) < 4.78 is 13.3. The van der Waals surface area contributed by atoms with E-state index in [0.717, 1.165) is 32.1 Å². The Bertz CT molecular complexity index is 1030. The van der Waals surface area contributed by atoms with Gasteiger partial charge in [-0.2, -0.15) is 0 Å². The fourth-order valence-corrected chi connectivity index (χ4v) is 4.43. The van der Waals surface area contributed by atoms with Crippen molar-refractivity contribution < 1.29 is 18.8 Å². The van der Waals surface area contributed by atoms with Gasteiger partial charge in [-0.3, -0.25) is 9.59 Å². The van der Waals surface area contributed by atoms with Gasteiger partial charge in [-0.1, -0.05) is 25.3 Å². The number of amides is 4. The molecule has 2 heterocycles. The molecule has 10 heteroatoms. The Morgan fingerprint density at radius 2 is 1.68 bits per heavy atom. The molecule has 3 N–H and O–H groups in total. The molecule has 4 rings (SSSR count). The molecule has 2 aliphatic rings. The molecule has 1 saturated carbocycles. The van der Waals surface area contributed by atoms with Gasteiger partial charge in [-0.05, 0) is 43.9 Å². The maximum Gasteiger partial charge on any atom is 0.321 e. The highest BCUT2D eigenvalue weighted by atomic mass is 19.1. The van der Waals surface area contributed by atoms with Crippen LogP contribution in [0.4, 0.5) is 20.7 Å². The number of likely N-dealkylation sites (tertiary alicyclic amines) is 1. The number of rotatable bonds is 5. The van der Waals surface area contributed by atoms with Gasteiger partial charge in [0, 0.05) is 43.1 Å². The molecule has 1 aliphatic heterocycles. The summed E-state index contributed by atoms with van der Waals surface area (Å²) in [5.74, 6) is -0.837. The highest BCUT2D eigenvalue weighted by Gasteiger charge is 2.27. The average Bonchev–Trinajstić information content (AvgIpc) is 2.85. The Morgan fingerprint density at radius 3 is 2.41 bits per heavy atom. The van der Waals surface area contributed by atoms with Crippen LogP contribution in [-0.2, 0) is 4.79 Å². The quantitative estimate of drug-likeness (QED) is 0.620. The third-order valence-electron chi connectivity index (χ3n) is 6.32. The number of nitrogens with zero attached hydrogens (tertiary/aromatic N) is 3. The lowest BCUT2D eigenvalue weighted by molar-refractivity contribution is -0.120. The van der Waals surface area contributed by atoms with Gasteiger partial charge in [0.15, 0.2) is 11.5 Å². The van der Waals surface area contributed by atoms with E-state index in [1.54, 1.807) is 11.0 Å². The number of benzene rings is 1. The van der Waals surface area contributed by atoms with Crippen LogP contribution < -0.4 is 16.0 Å². The van der Waals surface area contributed by atoms with Crippen LogP contribution in [0.15, 0.2) is 36.7 Å². The largest absolute Gasteiger partial charge is 0.348 e. The van der Waals surface area contributed by atoms with Gasteiger partial charge in [0.2, 0.25) is 5.91 Å². The van der Waals surface area contributed by atoms with Crippen LogP contribution >= 0.6 is 0 Å². The molecule has 0 atom stereocenters. The number of nitrogens with one attached hydrogen (secondary N) is 3. The summed E-state index contributed by atoms with van der Waals surface area (Å²) in [6.45, 7) is 0.885. The molecule has 0 radical (unpaired) electrons. The number of carbonyl (C=O) groups excluding carboxylic acids is 3. The van der Waals surface area contributed by atoms with Crippen molar-refractivity contribution in [3.8, 4) is 0 Å². The highest BCUT2D eigenvalue weighted by molar-refractivity contribution is 6.01. The molecule has 34 heavy (non-hydrogen) atoms. The number of aromatic nitrogens is 2. The van der Waals surface area contributed by atoms with Crippen molar-refractivity contribution in [2.45, 2.75) is 51.0 Å². The summed E-state index contributed by atoms with van der Waals surface area (Å²) in [5.41, 5.74) is 0.476. The monoisotopic (exact) mass is 468 g/mol. The minimum atomic E-state index is -0.419. The van der Waals surface area contributed by atoms with E-state index in [2.05, 4.69) is 25.9 Å². The molecule has 0 unspecified atom stereocenters. The number of anilines is 2. The van der Waals surface area contributed by atoms with E-state index in [9.17, 15) is 18.8 Å². The van der Waals surface area contributed by atoms with Crippen LogP contribution in [0.2, 0.25) is 0 Å². The second-order valence-corrected chi connectivity index (χ2v) is 8.75. The van der Waals surface area contributed by atoms with E-state index in [-0.39, 0.29) is 35.4 Å². The number of carbonyl (C=O) groups is 3. The van der Waals surface area contributed by atoms with Crippen molar-refractivity contribution in [1.82, 2.24) is 20.2 Å². The fraction of sp³-hybridized carbons (Fsp3) is 0.458. The maximum atomic E-state index is 13.3. The second-order valence-electron chi connectivity index (χ2n) is 8.75. The van der Waals surface area contributed by atoms with E-state index in [1.165, 1.54) is 30.6 Å². The number of hydrogen-bond acceptors (Lipinski definition) is 5. The van der Waals surface area contributed by atoms with Gasteiger partial charge in [0.1, 0.15) is 5.82 Å². The molecule has 1 saturated heterocycles. The lowest BCUT2D eigenvalue weighted by Gasteiger charge is -2.32. The van der Waals surface area contributed by atoms with Crippen LogP contribution in [0.1, 0.15) is 55.4 Å². The summed E-state index contributed by atoms with van der Waals surface area (Å²) in [7, 11) is 0. The highest BCUT2D eigenvalue weighted by Crippen LogP contribution is 2.25. The Balaban J connectivity index is 1.29. The predicted molar refractivity (Wildman–Crippen MR) is 125 cm³/mol. The molecule has 0 bridgehead atoms. The van der Waals surface area contributed by atoms with Crippen molar-refractivity contribution >= 4 is 29.4 Å². The molecule has 1 aromatic carbocycles. The molecule has 2 aromatic rings. The molecule has 4 amide bonds. The van der Waals surface area contributed by atoms with Crippen molar-refractivity contribution in [3.05, 3.63) is 48.2 Å². The molecule has 9 nitrogen and oxygen atoms in total. The third kappa shape index (κ3) is 6.06. The molecular weight excluding hydrogens is 439 g/mol. The Morgan fingerprint density at radius 1 is 0.941 bits per heavy atom. The van der Waals surface area contributed by atoms with Gasteiger partial charge < -0.3 is 20.9 Å². The normalized spacial score (nSPS) is 17.1. The van der Waals surface area contributed by atoms with Gasteiger partial charge in [0.25, 0.3) is 5.91 Å². The topological polar surface area (TPSA) is 116 Å². The maximum absolute atomic E-state index is 13.3. The molecule has 0 spiro atoms. The van der Waals surface area contributed by atoms with E-state index in [4.69, 9.17) is 0 Å². The van der Waals surface area contributed by atoms with Crippen molar-refractivity contribution in [2.24, 2.45) is 5.92 Å². The first-order valence-electron chi connectivity index (χ1n) is 11.7. The molecular formula is C24H29FN6O3. The van der Waals surface area contributed by atoms with Crippen molar-refractivity contribution in [1.29, 1.82) is 0 Å². The number of urea groups is 1. The molecule has 1 aliphatic carbocycles. The van der Waals surface area contributed by atoms with Gasteiger partial charge >= 0.3 is 6.03 Å². The van der Waals surface area contributed by atoms with Crippen LogP contribution in [0, 0.1) is 11.7 Å². The molecule has 180 valence electrons. The van der Waals surface area contributed by atoms with Gasteiger partial charge in [0.05, 0.1) is 0 Å². The standard InChI is InChI=1S/C24H29FN6O3/c25-17-7-4-8-19(15-17)29-24(34)31-13-9-18(10-14-31)28-23(33)20-21(27-12-11-26-20)30-22(32)16-5-2-1-3-6-16/h4,7-8,11-12,15-16,18H,1-3,5-6,9-10,13-14H2,(H,28,33)(H,29,34)(H,27,30,32). The van der Waals surface area contributed by atoms with Crippen LogP contribution in [0.3, 0.4) is 0 Å². The van der Waals surface area contributed by atoms with Crippen LogP contribution in [0.5, 0.6) is 0 Å². The van der Waals surface area contributed by atoms with E-state index in [0.29, 0.717) is 31.6 Å². The Labute approximate surface area is 197 Å². The smallest absolute Gasteiger partial charge is 0.321 e. The van der Waals surface area contributed by atoms with E-state index >= 15 is 0 Å². The van der Waals surface area contributed by atoms with Crippen molar-refractivity contribution in [3.63, 3.8) is 0 Å². The summed E-state index contributed by atoms with van der Waals surface area (Å²) in [5, 5.41) is 8.42. The number of hydrogen-bond donors (Lipinski definition) is 3.